The molecule has 72 valence electrons. The van der Waals surface area contributed by atoms with Crippen LogP contribution < -0.4 is 10.6 Å². The van der Waals surface area contributed by atoms with Gasteiger partial charge in [0.15, 0.2) is 0 Å². The molecule has 0 spiro atoms. The average molecular weight is 172 g/mol. The van der Waals surface area contributed by atoms with Crippen LogP contribution in [0.3, 0.4) is 0 Å². The summed E-state index contributed by atoms with van der Waals surface area (Å²) in [7, 11) is 0. The highest BCUT2D eigenvalue weighted by Gasteiger charge is 2.20. The first-order valence-corrected chi connectivity index (χ1v) is 4.94. The van der Waals surface area contributed by atoms with Gasteiger partial charge in [-0.2, -0.15) is 0 Å². The van der Waals surface area contributed by atoms with Crippen molar-refractivity contribution in [3.8, 4) is 0 Å². The van der Waals surface area contributed by atoms with Crippen molar-refractivity contribution < 1.29 is 5.11 Å². The van der Waals surface area contributed by atoms with E-state index >= 15 is 0 Å². The zero-order valence-corrected chi connectivity index (χ0v) is 7.84. The Morgan fingerprint density at radius 2 is 2.17 bits per heavy atom. The van der Waals surface area contributed by atoms with Crippen LogP contribution in [-0.4, -0.2) is 37.4 Å². The smallest absolute Gasteiger partial charge is 0.0693 e. The predicted octanol–water partition coefficient (Wildman–Crippen LogP) is -0.0436. The minimum Gasteiger partial charge on any atom is -0.392 e. The first-order chi connectivity index (χ1) is 5.84. The SMILES string of the molecule is CCNCC(O)C1CCNCC1. The van der Waals surface area contributed by atoms with Gasteiger partial charge in [0.25, 0.3) is 0 Å². The van der Waals surface area contributed by atoms with Crippen molar-refractivity contribution >= 4 is 0 Å². The van der Waals surface area contributed by atoms with E-state index < -0.39 is 0 Å². The molecule has 1 rings (SSSR count). The van der Waals surface area contributed by atoms with Crippen LogP contribution in [0.4, 0.5) is 0 Å². The molecule has 1 atom stereocenters. The van der Waals surface area contributed by atoms with Gasteiger partial charge in [-0.15, -0.1) is 0 Å². The number of likely N-dealkylation sites (N-methyl/N-ethyl adjacent to an activating group) is 1. The zero-order chi connectivity index (χ0) is 8.81. The minimum absolute atomic E-state index is 0.146. The number of hydrogen-bond acceptors (Lipinski definition) is 3. The fourth-order valence-electron chi connectivity index (χ4n) is 1.69. The maximum atomic E-state index is 9.71. The van der Waals surface area contributed by atoms with Gasteiger partial charge in [0.1, 0.15) is 0 Å². The van der Waals surface area contributed by atoms with Gasteiger partial charge in [-0.25, -0.2) is 0 Å². The number of aliphatic hydroxyl groups is 1. The van der Waals surface area contributed by atoms with E-state index in [1.165, 1.54) is 0 Å². The topological polar surface area (TPSA) is 44.3 Å². The molecule has 1 saturated heterocycles. The van der Waals surface area contributed by atoms with Crippen molar-refractivity contribution in [3.05, 3.63) is 0 Å². The highest BCUT2D eigenvalue weighted by molar-refractivity contribution is 4.76. The Bertz CT molecular complexity index is 113. The monoisotopic (exact) mass is 172 g/mol. The molecule has 1 fully saturated rings. The predicted molar refractivity (Wildman–Crippen MR) is 50.1 cm³/mol. The molecular formula is C9H20N2O. The summed E-state index contributed by atoms with van der Waals surface area (Å²) in [4.78, 5) is 0. The quantitative estimate of drug-likeness (QED) is 0.557. The lowest BCUT2D eigenvalue weighted by Gasteiger charge is -2.27. The summed E-state index contributed by atoms with van der Waals surface area (Å²) < 4.78 is 0. The molecule has 0 aromatic heterocycles. The molecule has 1 heterocycles. The van der Waals surface area contributed by atoms with E-state index in [0.717, 1.165) is 39.0 Å². The number of nitrogens with one attached hydrogen (secondary N) is 2. The number of rotatable bonds is 4. The van der Waals surface area contributed by atoms with Crippen LogP contribution in [0.15, 0.2) is 0 Å². The van der Waals surface area contributed by atoms with Gasteiger partial charge >= 0.3 is 0 Å². The molecule has 12 heavy (non-hydrogen) atoms. The maximum absolute atomic E-state index is 9.71. The van der Waals surface area contributed by atoms with E-state index in [2.05, 4.69) is 17.6 Å². The van der Waals surface area contributed by atoms with Crippen molar-refractivity contribution in [3.63, 3.8) is 0 Å². The molecule has 0 amide bonds. The van der Waals surface area contributed by atoms with Gasteiger partial charge in [0.2, 0.25) is 0 Å². The van der Waals surface area contributed by atoms with Gasteiger partial charge in [-0.1, -0.05) is 6.92 Å². The molecule has 0 aromatic carbocycles. The Hall–Kier alpha value is -0.120. The Balaban J connectivity index is 2.15. The van der Waals surface area contributed by atoms with Crippen LogP contribution in [0.2, 0.25) is 0 Å². The zero-order valence-electron chi connectivity index (χ0n) is 7.84. The van der Waals surface area contributed by atoms with Gasteiger partial charge < -0.3 is 15.7 Å². The van der Waals surface area contributed by atoms with Crippen LogP contribution in [0.5, 0.6) is 0 Å². The molecular weight excluding hydrogens is 152 g/mol. The Morgan fingerprint density at radius 1 is 1.50 bits per heavy atom. The third kappa shape index (κ3) is 3.09. The van der Waals surface area contributed by atoms with Gasteiger partial charge in [-0.05, 0) is 38.4 Å². The lowest BCUT2D eigenvalue weighted by atomic mass is 9.92. The second-order valence-electron chi connectivity index (χ2n) is 3.46. The fraction of sp³-hybridized carbons (Fsp3) is 1.00. The summed E-state index contributed by atoms with van der Waals surface area (Å²) in [6.07, 6.45) is 2.09. The van der Waals surface area contributed by atoms with Crippen LogP contribution in [0, 0.1) is 5.92 Å². The second-order valence-corrected chi connectivity index (χ2v) is 3.46. The van der Waals surface area contributed by atoms with Crippen LogP contribution in [0.1, 0.15) is 19.8 Å². The summed E-state index contributed by atoms with van der Waals surface area (Å²) in [5, 5.41) is 16.2. The van der Waals surface area contributed by atoms with E-state index in [1.54, 1.807) is 0 Å². The fourth-order valence-corrected chi connectivity index (χ4v) is 1.69. The van der Waals surface area contributed by atoms with Crippen molar-refractivity contribution in [2.24, 2.45) is 5.92 Å². The molecule has 0 aromatic rings. The summed E-state index contributed by atoms with van der Waals surface area (Å²) in [6.45, 7) is 5.89. The van der Waals surface area contributed by atoms with Crippen molar-refractivity contribution in [1.82, 2.24) is 10.6 Å². The number of hydrogen-bond donors (Lipinski definition) is 3. The van der Waals surface area contributed by atoms with Crippen molar-refractivity contribution in [2.75, 3.05) is 26.2 Å². The molecule has 3 heteroatoms. The van der Waals surface area contributed by atoms with E-state index in [-0.39, 0.29) is 6.10 Å². The van der Waals surface area contributed by atoms with Gasteiger partial charge in [0, 0.05) is 6.54 Å². The second kappa shape index (κ2) is 5.51. The van der Waals surface area contributed by atoms with Gasteiger partial charge in [0.05, 0.1) is 6.10 Å². The Morgan fingerprint density at radius 3 is 2.75 bits per heavy atom. The molecule has 3 nitrogen and oxygen atoms in total. The maximum Gasteiger partial charge on any atom is 0.0693 e. The van der Waals surface area contributed by atoms with Crippen LogP contribution >= 0.6 is 0 Å². The molecule has 1 aliphatic rings. The standard InChI is InChI=1S/C9H20N2O/c1-2-10-7-9(12)8-3-5-11-6-4-8/h8-12H,2-7H2,1H3. The molecule has 1 unspecified atom stereocenters. The van der Waals surface area contributed by atoms with E-state index in [1.807, 2.05) is 0 Å². The van der Waals surface area contributed by atoms with Crippen LogP contribution in [0.25, 0.3) is 0 Å². The number of piperidine rings is 1. The largest absolute Gasteiger partial charge is 0.392 e. The normalized spacial score (nSPS) is 22.5. The highest BCUT2D eigenvalue weighted by atomic mass is 16.3. The van der Waals surface area contributed by atoms with E-state index in [9.17, 15) is 5.11 Å². The summed E-state index contributed by atoms with van der Waals surface area (Å²) >= 11 is 0. The lowest BCUT2D eigenvalue weighted by Crippen LogP contribution is -2.39. The number of aliphatic hydroxyl groups excluding tert-OH is 1. The molecule has 0 saturated carbocycles. The average Bonchev–Trinajstić information content (AvgIpc) is 2.15. The molecule has 0 bridgehead atoms. The molecule has 3 N–H and O–H groups in total. The Labute approximate surface area is 74.5 Å². The summed E-state index contributed by atoms with van der Waals surface area (Å²) in [5.74, 6) is 0.505. The third-order valence-corrected chi connectivity index (χ3v) is 2.53. The van der Waals surface area contributed by atoms with Crippen molar-refractivity contribution in [2.45, 2.75) is 25.9 Å². The summed E-state index contributed by atoms with van der Waals surface area (Å²) in [6, 6.07) is 0. The first kappa shape index (κ1) is 9.96. The molecule has 1 aliphatic heterocycles. The third-order valence-electron chi connectivity index (χ3n) is 2.53. The Kier molecular flexibility index (Phi) is 4.58. The highest BCUT2D eigenvalue weighted by Crippen LogP contribution is 2.15. The molecule has 0 aliphatic carbocycles. The van der Waals surface area contributed by atoms with Crippen molar-refractivity contribution in [1.29, 1.82) is 0 Å². The molecule has 0 radical (unpaired) electrons. The minimum atomic E-state index is -0.146. The summed E-state index contributed by atoms with van der Waals surface area (Å²) in [5.41, 5.74) is 0. The first-order valence-electron chi connectivity index (χ1n) is 4.94. The lowest BCUT2D eigenvalue weighted by molar-refractivity contribution is 0.0885. The van der Waals surface area contributed by atoms with E-state index in [4.69, 9.17) is 0 Å². The van der Waals surface area contributed by atoms with Crippen LogP contribution in [-0.2, 0) is 0 Å². The van der Waals surface area contributed by atoms with E-state index in [0.29, 0.717) is 5.92 Å². The van der Waals surface area contributed by atoms with Gasteiger partial charge in [-0.3, -0.25) is 0 Å².